The van der Waals surface area contributed by atoms with Crippen LogP contribution >= 0.6 is 11.3 Å². The van der Waals surface area contributed by atoms with Crippen molar-refractivity contribution in [3.8, 4) is 0 Å². The van der Waals surface area contributed by atoms with Crippen LogP contribution in [0.3, 0.4) is 0 Å². The Bertz CT molecular complexity index is 518. The number of nitrogens with one attached hydrogen (secondary N) is 2. The van der Waals surface area contributed by atoms with Crippen molar-refractivity contribution >= 4 is 17.2 Å². The van der Waals surface area contributed by atoms with Crippen molar-refractivity contribution in [2.45, 2.75) is 26.7 Å². The molecule has 5 nitrogen and oxygen atoms in total. The summed E-state index contributed by atoms with van der Waals surface area (Å²) in [5, 5.41) is 3.83. The molecule has 0 aliphatic rings. The van der Waals surface area contributed by atoms with Crippen molar-refractivity contribution in [1.82, 2.24) is 20.3 Å². The van der Waals surface area contributed by atoms with Gasteiger partial charge in [0.15, 0.2) is 0 Å². The Balaban J connectivity index is 1.77. The minimum Gasteiger partial charge on any atom is -0.351 e. The van der Waals surface area contributed by atoms with Gasteiger partial charge in [-0.25, -0.2) is 9.97 Å². The van der Waals surface area contributed by atoms with E-state index in [0.717, 1.165) is 29.4 Å². The highest BCUT2D eigenvalue weighted by Crippen LogP contribution is 2.16. The highest BCUT2D eigenvalue weighted by molar-refractivity contribution is 7.13. The van der Waals surface area contributed by atoms with Crippen LogP contribution in [0.2, 0.25) is 0 Å². The standard InChI is InChI=1S/C12H16N4OS/c1-8-11(18-9(2)16-8)12(17)15-5-3-4-10-13-6-7-14-10/h6-7H,3-5H2,1-2H3,(H,13,14)(H,15,17). The van der Waals surface area contributed by atoms with Crippen LogP contribution in [-0.2, 0) is 6.42 Å². The van der Waals surface area contributed by atoms with Gasteiger partial charge in [-0.15, -0.1) is 11.3 Å². The number of aromatic nitrogens is 3. The second-order valence-electron chi connectivity index (χ2n) is 4.04. The third kappa shape index (κ3) is 3.16. The van der Waals surface area contributed by atoms with Gasteiger partial charge < -0.3 is 10.3 Å². The third-order valence-corrected chi connectivity index (χ3v) is 3.61. The zero-order valence-electron chi connectivity index (χ0n) is 10.5. The van der Waals surface area contributed by atoms with Gasteiger partial charge >= 0.3 is 0 Å². The van der Waals surface area contributed by atoms with Gasteiger partial charge in [0, 0.05) is 25.4 Å². The topological polar surface area (TPSA) is 70.7 Å². The van der Waals surface area contributed by atoms with Crippen LogP contribution in [-0.4, -0.2) is 27.4 Å². The Hall–Kier alpha value is -1.69. The summed E-state index contributed by atoms with van der Waals surface area (Å²) in [6, 6.07) is 0. The van der Waals surface area contributed by atoms with E-state index in [9.17, 15) is 4.79 Å². The molecule has 1 amide bonds. The molecule has 2 aromatic heterocycles. The monoisotopic (exact) mass is 264 g/mol. The van der Waals surface area contributed by atoms with Crippen molar-refractivity contribution < 1.29 is 4.79 Å². The lowest BCUT2D eigenvalue weighted by Gasteiger charge is -2.02. The van der Waals surface area contributed by atoms with E-state index >= 15 is 0 Å². The molecule has 0 spiro atoms. The molecule has 0 atom stereocenters. The van der Waals surface area contributed by atoms with E-state index < -0.39 is 0 Å². The molecule has 2 aromatic rings. The fourth-order valence-corrected chi connectivity index (χ4v) is 2.55. The van der Waals surface area contributed by atoms with Crippen molar-refractivity contribution in [2.24, 2.45) is 0 Å². The summed E-state index contributed by atoms with van der Waals surface area (Å²) < 4.78 is 0. The summed E-state index contributed by atoms with van der Waals surface area (Å²) in [5.41, 5.74) is 0.807. The van der Waals surface area contributed by atoms with Crippen LogP contribution in [0.25, 0.3) is 0 Å². The summed E-state index contributed by atoms with van der Waals surface area (Å²) in [5.74, 6) is 0.923. The molecule has 96 valence electrons. The third-order valence-electron chi connectivity index (χ3n) is 2.54. The first-order valence-corrected chi connectivity index (χ1v) is 6.69. The first kappa shape index (κ1) is 12.8. The molecule has 2 N–H and O–H groups in total. The molecule has 0 aromatic carbocycles. The number of aryl methyl sites for hydroxylation is 3. The van der Waals surface area contributed by atoms with E-state index in [1.807, 2.05) is 13.8 Å². The number of rotatable bonds is 5. The van der Waals surface area contributed by atoms with E-state index in [1.54, 1.807) is 12.4 Å². The van der Waals surface area contributed by atoms with Crippen LogP contribution in [0, 0.1) is 13.8 Å². The van der Waals surface area contributed by atoms with Gasteiger partial charge in [0.2, 0.25) is 0 Å². The Kier molecular flexibility index (Phi) is 4.09. The molecular weight excluding hydrogens is 248 g/mol. The molecule has 0 aliphatic carbocycles. The Labute approximate surface area is 110 Å². The molecule has 0 unspecified atom stereocenters. The number of nitrogens with zero attached hydrogens (tertiary/aromatic N) is 2. The highest BCUT2D eigenvalue weighted by atomic mass is 32.1. The summed E-state index contributed by atoms with van der Waals surface area (Å²) in [4.78, 5) is 24.0. The van der Waals surface area contributed by atoms with Crippen LogP contribution in [0.5, 0.6) is 0 Å². The summed E-state index contributed by atoms with van der Waals surface area (Å²) in [6.07, 6.45) is 5.25. The average molecular weight is 264 g/mol. The zero-order valence-corrected chi connectivity index (χ0v) is 11.3. The van der Waals surface area contributed by atoms with Gasteiger partial charge in [0.1, 0.15) is 10.7 Å². The number of hydrogen-bond donors (Lipinski definition) is 2. The molecule has 18 heavy (non-hydrogen) atoms. The number of carbonyl (C=O) groups excluding carboxylic acids is 1. The molecule has 2 rings (SSSR count). The van der Waals surface area contributed by atoms with E-state index in [4.69, 9.17) is 0 Å². The maximum absolute atomic E-state index is 11.9. The maximum atomic E-state index is 11.9. The minimum absolute atomic E-state index is 0.0301. The van der Waals surface area contributed by atoms with Gasteiger partial charge in [-0.2, -0.15) is 0 Å². The van der Waals surface area contributed by atoms with Crippen LogP contribution in [0.1, 0.15) is 32.6 Å². The molecule has 2 heterocycles. The van der Waals surface area contributed by atoms with Gasteiger partial charge in [-0.3, -0.25) is 4.79 Å². The molecule has 6 heteroatoms. The Morgan fingerprint density at radius 2 is 2.33 bits per heavy atom. The van der Waals surface area contributed by atoms with E-state index in [1.165, 1.54) is 11.3 Å². The van der Waals surface area contributed by atoms with Crippen molar-refractivity contribution in [3.05, 3.63) is 33.8 Å². The molecule has 0 fully saturated rings. The predicted octanol–water partition coefficient (Wildman–Crippen LogP) is 1.85. The second kappa shape index (κ2) is 5.77. The van der Waals surface area contributed by atoms with E-state index in [-0.39, 0.29) is 5.91 Å². The summed E-state index contributed by atoms with van der Waals surface area (Å²) in [6.45, 7) is 4.42. The van der Waals surface area contributed by atoms with Gasteiger partial charge in [-0.05, 0) is 20.3 Å². The quantitative estimate of drug-likeness (QED) is 0.810. The molecule has 0 aliphatic heterocycles. The number of hydrogen-bond acceptors (Lipinski definition) is 4. The molecule has 0 saturated carbocycles. The van der Waals surface area contributed by atoms with Crippen molar-refractivity contribution in [2.75, 3.05) is 6.54 Å². The molecule has 0 radical (unpaired) electrons. The number of carbonyl (C=O) groups is 1. The first-order chi connectivity index (χ1) is 8.66. The fraction of sp³-hybridized carbons (Fsp3) is 0.417. The van der Waals surface area contributed by atoms with Gasteiger partial charge in [-0.1, -0.05) is 0 Å². The minimum atomic E-state index is -0.0301. The normalized spacial score (nSPS) is 10.6. The average Bonchev–Trinajstić information content (AvgIpc) is 2.94. The number of thiazole rings is 1. The number of imidazole rings is 1. The predicted molar refractivity (Wildman–Crippen MR) is 70.8 cm³/mol. The number of amides is 1. The van der Waals surface area contributed by atoms with Crippen LogP contribution in [0.15, 0.2) is 12.4 Å². The first-order valence-electron chi connectivity index (χ1n) is 5.87. The Morgan fingerprint density at radius 3 is 2.94 bits per heavy atom. The lowest BCUT2D eigenvalue weighted by molar-refractivity contribution is 0.0956. The summed E-state index contributed by atoms with van der Waals surface area (Å²) in [7, 11) is 0. The van der Waals surface area contributed by atoms with E-state index in [2.05, 4.69) is 20.3 Å². The van der Waals surface area contributed by atoms with Crippen LogP contribution < -0.4 is 5.32 Å². The second-order valence-corrected chi connectivity index (χ2v) is 5.25. The smallest absolute Gasteiger partial charge is 0.263 e. The lowest BCUT2D eigenvalue weighted by atomic mass is 10.3. The number of H-pyrrole nitrogens is 1. The highest BCUT2D eigenvalue weighted by Gasteiger charge is 2.12. The summed E-state index contributed by atoms with van der Waals surface area (Å²) >= 11 is 1.44. The zero-order chi connectivity index (χ0) is 13.0. The lowest BCUT2D eigenvalue weighted by Crippen LogP contribution is -2.24. The molecular formula is C12H16N4OS. The van der Waals surface area contributed by atoms with E-state index in [0.29, 0.717) is 11.4 Å². The van der Waals surface area contributed by atoms with Crippen molar-refractivity contribution in [1.29, 1.82) is 0 Å². The molecule has 0 bridgehead atoms. The van der Waals surface area contributed by atoms with Crippen LogP contribution in [0.4, 0.5) is 0 Å². The Morgan fingerprint density at radius 1 is 1.50 bits per heavy atom. The maximum Gasteiger partial charge on any atom is 0.263 e. The number of aromatic amines is 1. The SMILES string of the molecule is Cc1nc(C)c(C(=O)NCCCc2ncc[nH]2)s1. The fourth-order valence-electron chi connectivity index (χ4n) is 1.71. The van der Waals surface area contributed by atoms with Gasteiger partial charge in [0.25, 0.3) is 5.91 Å². The van der Waals surface area contributed by atoms with Gasteiger partial charge in [0.05, 0.1) is 10.7 Å². The largest absolute Gasteiger partial charge is 0.351 e. The molecule has 0 saturated heterocycles. The van der Waals surface area contributed by atoms with Crippen molar-refractivity contribution in [3.63, 3.8) is 0 Å².